The molecule has 1 aliphatic heterocycles. The van der Waals surface area contributed by atoms with E-state index in [2.05, 4.69) is 58.4 Å². The van der Waals surface area contributed by atoms with Crippen LogP contribution in [0.1, 0.15) is 44.7 Å². The molecular weight excluding hydrogens is 469 g/mol. The van der Waals surface area contributed by atoms with Crippen LogP contribution in [0.5, 0.6) is 0 Å². The third-order valence-electron chi connectivity index (χ3n) is 6.36. The van der Waals surface area contributed by atoms with Crippen LogP contribution in [0.2, 0.25) is 5.02 Å². The van der Waals surface area contributed by atoms with Gasteiger partial charge in [-0.25, -0.2) is 0 Å². The molecule has 1 atom stereocenters. The number of nitrogens with one attached hydrogen (secondary N) is 4. The van der Waals surface area contributed by atoms with E-state index in [1.165, 1.54) is 0 Å². The van der Waals surface area contributed by atoms with E-state index in [1.54, 1.807) is 6.20 Å². The first-order chi connectivity index (χ1) is 17.2. The molecule has 182 valence electrons. The Labute approximate surface area is 218 Å². The zero-order chi connectivity index (χ0) is 25.5. The molecule has 36 heavy (non-hydrogen) atoms. The fourth-order valence-electron chi connectivity index (χ4n) is 4.26. The first-order valence-electron chi connectivity index (χ1n) is 12.1. The van der Waals surface area contributed by atoms with Crippen molar-refractivity contribution in [2.75, 3.05) is 17.2 Å². The summed E-state index contributed by atoms with van der Waals surface area (Å²) in [4.78, 5) is 4.47. The van der Waals surface area contributed by atoms with Crippen LogP contribution in [0.25, 0.3) is 10.9 Å². The van der Waals surface area contributed by atoms with Gasteiger partial charge in [0.15, 0.2) is 0 Å². The van der Waals surface area contributed by atoms with E-state index in [-0.39, 0.29) is 5.41 Å². The SMILES string of the molecule is [B]C(Nc1cc(Cl)c2ncc(C#N)c(NCC(C)(C)C)c2c1)(C1=CN(C2CC2)NN1)c1ccccc1. The second-order valence-electron chi connectivity index (χ2n) is 10.6. The molecule has 7 nitrogen and oxygen atoms in total. The van der Waals surface area contributed by atoms with Crippen molar-refractivity contribution < 1.29 is 0 Å². The van der Waals surface area contributed by atoms with Crippen LogP contribution < -0.4 is 21.6 Å². The number of pyridine rings is 1. The second-order valence-corrected chi connectivity index (χ2v) is 11.1. The van der Waals surface area contributed by atoms with E-state index in [0.29, 0.717) is 40.1 Å². The number of nitriles is 1. The van der Waals surface area contributed by atoms with E-state index in [1.807, 2.05) is 48.7 Å². The van der Waals surface area contributed by atoms with Gasteiger partial charge in [-0.15, -0.1) is 5.53 Å². The minimum Gasteiger partial charge on any atom is -0.383 e. The number of hydrogen-bond donors (Lipinski definition) is 4. The standard InChI is InChI=1S/C27H29BClN7/c1-26(2,3)16-32-24-17(13-30)14-31-25-21(24)11-19(12-22(25)29)33-27(28,18-7-5-4-6-8-18)23-15-36(35-34-23)20-9-10-20/h4-8,11-12,14-15,20,33-35H,9-10,16H2,1-3H3,(H,31,32). The van der Waals surface area contributed by atoms with E-state index in [9.17, 15) is 5.26 Å². The molecule has 0 spiro atoms. The topological polar surface area (TPSA) is 88.0 Å². The lowest BCUT2D eigenvalue weighted by Crippen LogP contribution is -2.45. The molecule has 9 heteroatoms. The van der Waals surface area contributed by atoms with Crippen molar-refractivity contribution >= 4 is 41.7 Å². The van der Waals surface area contributed by atoms with Crippen LogP contribution in [0.4, 0.5) is 11.4 Å². The Balaban J connectivity index is 1.59. The van der Waals surface area contributed by atoms with E-state index in [0.717, 1.165) is 29.5 Å². The fraction of sp³-hybridized carbons (Fsp3) is 0.333. The monoisotopic (exact) mass is 497 g/mol. The van der Waals surface area contributed by atoms with Gasteiger partial charge in [0.05, 0.1) is 32.9 Å². The molecular formula is C27H29BClN7. The van der Waals surface area contributed by atoms with Crippen LogP contribution >= 0.6 is 11.6 Å². The number of aromatic nitrogens is 1. The summed E-state index contributed by atoms with van der Waals surface area (Å²) in [5, 5.41) is 20.0. The Hall–Kier alpha value is -3.41. The Bertz CT molecular complexity index is 1360. The summed E-state index contributed by atoms with van der Waals surface area (Å²) in [5.74, 6) is 0. The molecule has 1 fully saturated rings. The van der Waals surface area contributed by atoms with Gasteiger partial charge >= 0.3 is 0 Å². The smallest absolute Gasteiger partial charge is 0.119 e. The quantitative estimate of drug-likeness (QED) is 0.342. The first-order valence-corrected chi connectivity index (χ1v) is 12.5. The zero-order valence-corrected chi connectivity index (χ0v) is 21.4. The first kappa shape index (κ1) is 24.3. The van der Waals surface area contributed by atoms with Crippen molar-refractivity contribution in [3.8, 4) is 6.07 Å². The van der Waals surface area contributed by atoms with Gasteiger partial charge < -0.3 is 16.1 Å². The van der Waals surface area contributed by atoms with Crippen LogP contribution in [-0.2, 0) is 5.44 Å². The Kier molecular flexibility index (Phi) is 6.23. The van der Waals surface area contributed by atoms with Gasteiger partial charge in [0.25, 0.3) is 0 Å². The average Bonchev–Trinajstić information content (AvgIpc) is 3.58. The molecule has 1 unspecified atom stereocenters. The predicted molar refractivity (Wildman–Crippen MR) is 146 cm³/mol. The second kappa shape index (κ2) is 9.23. The maximum atomic E-state index is 9.77. The maximum Gasteiger partial charge on any atom is 0.119 e. The van der Waals surface area contributed by atoms with Crippen LogP contribution in [0, 0.1) is 16.7 Å². The molecule has 2 radical (unpaired) electrons. The molecule has 4 N–H and O–H groups in total. The van der Waals surface area contributed by atoms with Crippen molar-refractivity contribution in [2.45, 2.75) is 45.1 Å². The lowest BCUT2D eigenvalue weighted by molar-refractivity contribution is 0.260. The number of rotatable bonds is 7. The van der Waals surface area contributed by atoms with Crippen LogP contribution in [0.15, 0.2) is 60.6 Å². The number of halogens is 1. The lowest BCUT2D eigenvalue weighted by atomic mass is 9.69. The van der Waals surface area contributed by atoms with Gasteiger partial charge in [-0.3, -0.25) is 9.99 Å². The number of hydrogen-bond acceptors (Lipinski definition) is 7. The van der Waals surface area contributed by atoms with Crippen molar-refractivity contribution in [3.05, 3.63) is 76.7 Å². The minimum absolute atomic E-state index is 0.0166. The number of hydrazine groups is 2. The number of nitrogens with zero attached hydrogens (tertiary/aromatic N) is 3. The molecule has 3 aromatic rings. The lowest BCUT2D eigenvalue weighted by Gasteiger charge is -2.34. The Morgan fingerprint density at radius 2 is 1.97 bits per heavy atom. The molecule has 2 aliphatic rings. The molecule has 1 aliphatic carbocycles. The van der Waals surface area contributed by atoms with Crippen molar-refractivity contribution in [1.82, 2.24) is 21.0 Å². The van der Waals surface area contributed by atoms with Gasteiger partial charge in [0, 0.05) is 36.1 Å². The zero-order valence-electron chi connectivity index (χ0n) is 20.7. The number of benzene rings is 2. The number of fused-ring (bicyclic) bond motifs is 1. The summed E-state index contributed by atoms with van der Waals surface area (Å²) in [5.41, 5.74) is 9.59. The van der Waals surface area contributed by atoms with E-state index < -0.39 is 5.44 Å². The van der Waals surface area contributed by atoms with Crippen molar-refractivity contribution in [1.29, 1.82) is 5.26 Å². The highest BCUT2D eigenvalue weighted by molar-refractivity contribution is 6.36. The normalized spacial score (nSPS) is 17.2. The molecule has 0 amide bonds. The molecule has 1 saturated carbocycles. The summed E-state index contributed by atoms with van der Waals surface area (Å²) in [7, 11) is 7.11. The summed E-state index contributed by atoms with van der Waals surface area (Å²) < 4.78 is 0. The third-order valence-corrected chi connectivity index (χ3v) is 6.65. The summed E-state index contributed by atoms with van der Waals surface area (Å²) in [6.45, 7) is 7.10. The van der Waals surface area contributed by atoms with E-state index in [4.69, 9.17) is 19.4 Å². The highest BCUT2D eigenvalue weighted by Gasteiger charge is 2.37. The number of anilines is 2. The van der Waals surface area contributed by atoms with Gasteiger partial charge in [0.2, 0.25) is 0 Å². The highest BCUT2D eigenvalue weighted by atomic mass is 35.5. The van der Waals surface area contributed by atoms with Gasteiger partial charge in [-0.05, 0) is 36.0 Å². The highest BCUT2D eigenvalue weighted by Crippen LogP contribution is 2.38. The summed E-state index contributed by atoms with van der Waals surface area (Å²) in [6, 6.07) is 16.4. The fourth-order valence-corrected chi connectivity index (χ4v) is 4.53. The predicted octanol–water partition coefficient (Wildman–Crippen LogP) is 4.98. The molecule has 1 aromatic heterocycles. The van der Waals surface area contributed by atoms with Crippen LogP contribution in [0.3, 0.4) is 0 Å². The minimum atomic E-state index is -1.08. The molecule has 2 heterocycles. The largest absolute Gasteiger partial charge is 0.383 e. The van der Waals surface area contributed by atoms with Gasteiger partial charge in [-0.1, -0.05) is 62.7 Å². The van der Waals surface area contributed by atoms with Gasteiger partial charge in [0.1, 0.15) is 13.9 Å². The van der Waals surface area contributed by atoms with Crippen molar-refractivity contribution in [3.63, 3.8) is 0 Å². The Morgan fingerprint density at radius 3 is 2.64 bits per heavy atom. The maximum absolute atomic E-state index is 9.77. The Morgan fingerprint density at radius 1 is 1.22 bits per heavy atom. The van der Waals surface area contributed by atoms with Crippen molar-refractivity contribution in [2.24, 2.45) is 5.41 Å². The molecule has 0 saturated heterocycles. The van der Waals surface area contributed by atoms with Crippen LogP contribution in [-0.4, -0.2) is 30.4 Å². The molecule has 2 aromatic carbocycles. The van der Waals surface area contributed by atoms with Gasteiger partial charge in [-0.2, -0.15) is 5.26 Å². The molecule has 0 bridgehead atoms. The third kappa shape index (κ3) is 4.82. The van der Waals surface area contributed by atoms with E-state index >= 15 is 0 Å². The summed E-state index contributed by atoms with van der Waals surface area (Å²) in [6.07, 6.45) is 5.88. The molecule has 5 rings (SSSR count). The summed E-state index contributed by atoms with van der Waals surface area (Å²) >= 11 is 6.72. The average molecular weight is 498 g/mol.